The number of nitrogens with one attached hydrogen (secondary N) is 1. The third-order valence-electron chi connectivity index (χ3n) is 3.00. The minimum absolute atomic E-state index is 0.134. The van der Waals surface area contributed by atoms with Gasteiger partial charge in [0.2, 0.25) is 0 Å². The summed E-state index contributed by atoms with van der Waals surface area (Å²) in [6, 6.07) is 0.514. The van der Waals surface area contributed by atoms with Gasteiger partial charge >= 0.3 is 6.18 Å². The minimum Gasteiger partial charge on any atom is -0.271 e. The van der Waals surface area contributed by atoms with Crippen LogP contribution in [-0.4, -0.2) is 4.98 Å². The molecule has 1 aromatic heterocycles. The first-order chi connectivity index (χ1) is 8.02. The molecule has 2 rings (SSSR count). The molecular formula is C11H14F3N3. The summed E-state index contributed by atoms with van der Waals surface area (Å²) in [5.41, 5.74) is 1.94. The Hall–Kier alpha value is -1.14. The van der Waals surface area contributed by atoms with Gasteiger partial charge in [-0.3, -0.25) is 16.3 Å². The van der Waals surface area contributed by atoms with Crippen LogP contribution in [-0.2, 0) is 6.18 Å². The van der Waals surface area contributed by atoms with Crippen molar-refractivity contribution in [2.75, 3.05) is 0 Å². The third-order valence-corrected chi connectivity index (χ3v) is 3.00. The molecule has 0 radical (unpaired) electrons. The smallest absolute Gasteiger partial charge is 0.271 e. The predicted octanol–water partition coefficient (Wildman–Crippen LogP) is 2.40. The molecule has 17 heavy (non-hydrogen) atoms. The van der Waals surface area contributed by atoms with Gasteiger partial charge in [0.15, 0.2) is 0 Å². The molecule has 1 unspecified atom stereocenters. The summed E-state index contributed by atoms with van der Waals surface area (Å²) in [7, 11) is 0. The molecule has 0 saturated heterocycles. The first-order valence-electron chi connectivity index (χ1n) is 5.49. The summed E-state index contributed by atoms with van der Waals surface area (Å²) >= 11 is 0. The Bertz CT molecular complexity index is 388. The maximum atomic E-state index is 12.8. The van der Waals surface area contributed by atoms with Crippen LogP contribution in [0.4, 0.5) is 13.2 Å². The average molecular weight is 245 g/mol. The van der Waals surface area contributed by atoms with Crippen molar-refractivity contribution in [3.05, 3.63) is 29.6 Å². The van der Waals surface area contributed by atoms with E-state index in [9.17, 15) is 13.2 Å². The molecular weight excluding hydrogens is 231 g/mol. The fourth-order valence-corrected chi connectivity index (χ4v) is 1.91. The van der Waals surface area contributed by atoms with Gasteiger partial charge in [0.25, 0.3) is 0 Å². The SMILES string of the molecule is NNC(CC1CC1)c1cnccc1C(F)(F)F. The minimum atomic E-state index is -4.36. The zero-order valence-corrected chi connectivity index (χ0v) is 9.17. The second kappa shape index (κ2) is 4.62. The van der Waals surface area contributed by atoms with Crippen molar-refractivity contribution in [3.63, 3.8) is 0 Å². The van der Waals surface area contributed by atoms with E-state index in [1.54, 1.807) is 0 Å². The van der Waals surface area contributed by atoms with Gasteiger partial charge in [-0.25, -0.2) is 0 Å². The van der Waals surface area contributed by atoms with Crippen molar-refractivity contribution < 1.29 is 13.2 Å². The number of halogens is 3. The quantitative estimate of drug-likeness (QED) is 0.632. The molecule has 1 aliphatic rings. The molecule has 1 atom stereocenters. The Morgan fingerprint density at radius 1 is 1.47 bits per heavy atom. The van der Waals surface area contributed by atoms with Gasteiger partial charge in [-0.15, -0.1) is 0 Å². The van der Waals surface area contributed by atoms with Gasteiger partial charge in [0, 0.05) is 24.0 Å². The van der Waals surface area contributed by atoms with E-state index in [-0.39, 0.29) is 5.56 Å². The second-order valence-electron chi connectivity index (χ2n) is 4.36. The van der Waals surface area contributed by atoms with E-state index < -0.39 is 17.8 Å². The van der Waals surface area contributed by atoms with Crippen molar-refractivity contribution in [1.82, 2.24) is 10.4 Å². The number of hydrazine groups is 1. The number of alkyl halides is 3. The number of hydrogen-bond acceptors (Lipinski definition) is 3. The molecule has 1 saturated carbocycles. The monoisotopic (exact) mass is 245 g/mol. The van der Waals surface area contributed by atoms with Gasteiger partial charge in [-0.2, -0.15) is 13.2 Å². The number of pyridine rings is 1. The number of nitrogens with zero attached hydrogens (tertiary/aromatic N) is 1. The standard InChI is InChI=1S/C11H14F3N3/c12-11(13,14)9-3-4-16-6-8(9)10(17-15)5-7-1-2-7/h3-4,6-7,10,17H,1-2,5,15H2. The molecule has 1 fully saturated rings. The lowest BCUT2D eigenvalue weighted by atomic mass is 9.98. The highest BCUT2D eigenvalue weighted by molar-refractivity contribution is 5.29. The summed E-state index contributed by atoms with van der Waals surface area (Å²) in [6.45, 7) is 0. The highest BCUT2D eigenvalue weighted by atomic mass is 19.4. The summed E-state index contributed by atoms with van der Waals surface area (Å²) in [6.07, 6.45) is 0.800. The molecule has 94 valence electrons. The van der Waals surface area contributed by atoms with Crippen LogP contribution in [0.5, 0.6) is 0 Å². The Morgan fingerprint density at radius 3 is 2.71 bits per heavy atom. The molecule has 1 heterocycles. The fourth-order valence-electron chi connectivity index (χ4n) is 1.91. The zero-order valence-electron chi connectivity index (χ0n) is 9.17. The van der Waals surface area contributed by atoms with E-state index in [1.165, 1.54) is 6.20 Å². The molecule has 0 amide bonds. The predicted molar refractivity (Wildman–Crippen MR) is 56.6 cm³/mol. The molecule has 0 aliphatic heterocycles. The largest absolute Gasteiger partial charge is 0.416 e. The molecule has 1 aliphatic carbocycles. The van der Waals surface area contributed by atoms with E-state index >= 15 is 0 Å². The van der Waals surface area contributed by atoms with E-state index in [1.807, 2.05) is 0 Å². The van der Waals surface area contributed by atoms with Crippen LogP contribution in [0.25, 0.3) is 0 Å². The number of nitrogens with two attached hydrogens (primary N) is 1. The highest BCUT2D eigenvalue weighted by Gasteiger charge is 2.36. The number of rotatable bonds is 4. The van der Waals surface area contributed by atoms with E-state index in [0.717, 1.165) is 25.1 Å². The van der Waals surface area contributed by atoms with Gasteiger partial charge in [-0.1, -0.05) is 12.8 Å². The fraction of sp³-hybridized carbons (Fsp3) is 0.545. The maximum absolute atomic E-state index is 12.8. The summed E-state index contributed by atoms with van der Waals surface area (Å²) in [5.74, 6) is 5.83. The molecule has 6 heteroatoms. The van der Waals surface area contributed by atoms with Crippen molar-refractivity contribution in [2.24, 2.45) is 11.8 Å². The van der Waals surface area contributed by atoms with Gasteiger partial charge < -0.3 is 0 Å². The molecule has 1 aromatic rings. The molecule has 3 nitrogen and oxygen atoms in total. The summed E-state index contributed by atoms with van der Waals surface area (Å²) in [4.78, 5) is 3.76. The van der Waals surface area contributed by atoms with Crippen molar-refractivity contribution in [3.8, 4) is 0 Å². The third kappa shape index (κ3) is 2.95. The van der Waals surface area contributed by atoms with Crippen LogP contribution in [0.2, 0.25) is 0 Å². The zero-order chi connectivity index (χ0) is 12.5. The van der Waals surface area contributed by atoms with Crippen LogP contribution in [0.1, 0.15) is 36.4 Å². The molecule has 0 spiro atoms. The highest BCUT2D eigenvalue weighted by Crippen LogP contribution is 2.40. The summed E-state index contributed by atoms with van der Waals surface area (Å²) < 4.78 is 38.4. The molecule has 0 aromatic carbocycles. The van der Waals surface area contributed by atoms with E-state index in [4.69, 9.17) is 5.84 Å². The lowest BCUT2D eigenvalue weighted by molar-refractivity contribution is -0.138. The molecule has 3 N–H and O–H groups in total. The second-order valence-corrected chi connectivity index (χ2v) is 4.36. The number of hydrogen-bond donors (Lipinski definition) is 2. The maximum Gasteiger partial charge on any atom is 0.416 e. The summed E-state index contributed by atoms with van der Waals surface area (Å²) in [5, 5.41) is 0. The Labute approximate surface area is 97.2 Å². The Balaban J connectivity index is 2.28. The van der Waals surface area contributed by atoms with Crippen LogP contribution in [0.3, 0.4) is 0 Å². The Kier molecular flexibility index (Phi) is 3.35. The van der Waals surface area contributed by atoms with Crippen LogP contribution >= 0.6 is 0 Å². The van der Waals surface area contributed by atoms with Crippen molar-refractivity contribution in [2.45, 2.75) is 31.5 Å². The van der Waals surface area contributed by atoms with Crippen molar-refractivity contribution in [1.29, 1.82) is 0 Å². The first-order valence-corrected chi connectivity index (χ1v) is 5.49. The van der Waals surface area contributed by atoms with E-state index in [2.05, 4.69) is 10.4 Å². The van der Waals surface area contributed by atoms with Crippen molar-refractivity contribution >= 4 is 0 Å². The lowest BCUT2D eigenvalue weighted by Gasteiger charge is -2.20. The average Bonchev–Trinajstić information content (AvgIpc) is 3.08. The number of aromatic nitrogens is 1. The molecule has 0 bridgehead atoms. The van der Waals surface area contributed by atoms with Gasteiger partial charge in [0.1, 0.15) is 0 Å². The topological polar surface area (TPSA) is 50.9 Å². The lowest BCUT2D eigenvalue weighted by Crippen LogP contribution is -2.30. The van der Waals surface area contributed by atoms with Crippen LogP contribution < -0.4 is 11.3 Å². The van der Waals surface area contributed by atoms with Crippen LogP contribution in [0, 0.1) is 5.92 Å². The van der Waals surface area contributed by atoms with Gasteiger partial charge in [0.05, 0.1) is 5.56 Å². The normalized spacial score (nSPS) is 18.1. The first kappa shape index (κ1) is 12.3. The van der Waals surface area contributed by atoms with Crippen LogP contribution in [0.15, 0.2) is 18.5 Å². The van der Waals surface area contributed by atoms with E-state index in [0.29, 0.717) is 12.3 Å². The van der Waals surface area contributed by atoms with Gasteiger partial charge in [-0.05, 0) is 18.4 Å². The Morgan fingerprint density at radius 2 is 2.18 bits per heavy atom.